The van der Waals surface area contributed by atoms with Crippen molar-refractivity contribution in [2.75, 3.05) is 5.73 Å². The van der Waals surface area contributed by atoms with Crippen LogP contribution in [0.2, 0.25) is 0 Å². The molecule has 0 fully saturated rings. The lowest BCUT2D eigenvalue weighted by Crippen LogP contribution is -1.95. The molecule has 8 aromatic rings. The van der Waals surface area contributed by atoms with E-state index in [9.17, 15) is 0 Å². The number of anilines is 1. The first-order valence-corrected chi connectivity index (χ1v) is 15.7. The summed E-state index contributed by atoms with van der Waals surface area (Å²) in [6.45, 7) is 2.17. The van der Waals surface area contributed by atoms with Crippen LogP contribution >= 0.6 is 0 Å². The van der Waals surface area contributed by atoms with E-state index in [1.807, 2.05) is 18.2 Å². The number of nitrogens with zero attached hydrogens (tertiary/aromatic N) is 1. The Morgan fingerprint density at radius 2 is 0.804 bits per heavy atom. The molecule has 0 saturated heterocycles. The smallest absolute Gasteiger partial charge is 0.0788 e. The summed E-state index contributed by atoms with van der Waals surface area (Å²) in [6.07, 6.45) is 0. The lowest BCUT2D eigenvalue weighted by molar-refractivity contribution is 1.30. The number of aromatic nitrogens is 1. The van der Waals surface area contributed by atoms with Crippen molar-refractivity contribution in [3.63, 3.8) is 0 Å². The van der Waals surface area contributed by atoms with Crippen LogP contribution in [0.1, 0.15) is 5.56 Å². The quantitative estimate of drug-likeness (QED) is 0.203. The van der Waals surface area contributed by atoms with Crippen molar-refractivity contribution in [3.05, 3.63) is 169 Å². The molecule has 0 unspecified atom stereocenters. The van der Waals surface area contributed by atoms with Gasteiger partial charge in [-0.05, 0) is 86.3 Å². The Morgan fingerprint density at radius 1 is 0.370 bits per heavy atom. The zero-order chi connectivity index (χ0) is 31.0. The minimum atomic E-state index is 0.779. The second-order valence-corrected chi connectivity index (χ2v) is 11.9. The first-order chi connectivity index (χ1) is 22.6. The van der Waals surface area contributed by atoms with Crippen LogP contribution in [0, 0.1) is 6.92 Å². The number of aryl methyl sites for hydroxylation is 1. The van der Waals surface area contributed by atoms with Crippen LogP contribution in [-0.4, -0.2) is 4.98 Å². The highest BCUT2D eigenvalue weighted by Gasteiger charge is 2.14. The Balaban J connectivity index is 1.12. The molecule has 2 heteroatoms. The lowest BCUT2D eigenvalue weighted by atomic mass is 9.94. The molecule has 0 saturated carbocycles. The molecule has 0 atom stereocenters. The molecule has 0 aliphatic carbocycles. The van der Waals surface area contributed by atoms with Crippen LogP contribution in [-0.2, 0) is 0 Å². The molecule has 0 bridgehead atoms. The Kier molecular flexibility index (Phi) is 6.89. The van der Waals surface area contributed by atoms with Crippen LogP contribution < -0.4 is 5.73 Å². The van der Waals surface area contributed by atoms with Crippen LogP contribution in [0.15, 0.2) is 164 Å². The van der Waals surface area contributed by atoms with Crippen molar-refractivity contribution in [3.8, 4) is 55.9 Å². The highest BCUT2D eigenvalue weighted by atomic mass is 14.7. The van der Waals surface area contributed by atoms with Crippen molar-refractivity contribution in [1.82, 2.24) is 4.98 Å². The van der Waals surface area contributed by atoms with E-state index in [4.69, 9.17) is 10.7 Å². The molecule has 1 aromatic heterocycles. The maximum absolute atomic E-state index is 5.87. The predicted octanol–water partition coefficient (Wildman–Crippen LogP) is 11.6. The first-order valence-electron chi connectivity index (χ1n) is 15.7. The van der Waals surface area contributed by atoms with Crippen LogP contribution in [0.4, 0.5) is 5.69 Å². The summed E-state index contributed by atoms with van der Waals surface area (Å²) >= 11 is 0. The Labute approximate surface area is 269 Å². The second-order valence-electron chi connectivity index (χ2n) is 11.9. The fourth-order valence-corrected chi connectivity index (χ4v) is 6.45. The number of hydrogen-bond acceptors (Lipinski definition) is 2. The van der Waals surface area contributed by atoms with E-state index in [-0.39, 0.29) is 0 Å². The molecule has 2 nitrogen and oxygen atoms in total. The molecule has 2 N–H and O–H groups in total. The fourth-order valence-electron chi connectivity index (χ4n) is 6.45. The van der Waals surface area contributed by atoms with Gasteiger partial charge in [-0.15, -0.1) is 0 Å². The summed E-state index contributed by atoms with van der Waals surface area (Å²) in [5.74, 6) is 0. The van der Waals surface area contributed by atoms with Crippen molar-refractivity contribution in [1.29, 1.82) is 0 Å². The van der Waals surface area contributed by atoms with Crippen LogP contribution in [0.25, 0.3) is 77.4 Å². The fraction of sp³-hybridized carbons (Fsp3) is 0.0227. The number of benzene rings is 7. The average molecular weight is 589 g/mol. The number of nitrogen functional groups attached to an aromatic ring is 1. The Hall–Kier alpha value is -5.99. The molecule has 0 aliphatic rings. The van der Waals surface area contributed by atoms with E-state index < -0.39 is 0 Å². The summed E-state index contributed by atoms with van der Waals surface area (Å²) in [6, 6.07) is 58.1. The number of rotatable bonds is 5. The van der Waals surface area contributed by atoms with E-state index in [2.05, 4.69) is 153 Å². The molecule has 7 aromatic carbocycles. The number of hydrogen-bond donors (Lipinski definition) is 1. The van der Waals surface area contributed by atoms with Gasteiger partial charge in [0.15, 0.2) is 0 Å². The third kappa shape index (κ3) is 5.10. The molecule has 8 rings (SSSR count). The zero-order valence-electron chi connectivity index (χ0n) is 25.6. The molecular weight excluding hydrogens is 556 g/mol. The minimum Gasteiger partial charge on any atom is -0.399 e. The van der Waals surface area contributed by atoms with Gasteiger partial charge >= 0.3 is 0 Å². The van der Waals surface area contributed by atoms with Gasteiger partial charge in [-0.1, -0.05) is 140 Å². The summed E-state index contributed by atoms with van der Waals surface area (Å²) in [4.78, 5) is 5.24. The average Bonchev–Trinajstić information content (AvgIpc) is 3.12. The van der Waals surface area contributed by atoms with Gasteiger partial charge in [0.2, 0.25) is 0 Å². The third-order valence-electron chi connectivity index (χ3n) is 9.01. The van der Waals surface area contributed by atoms with Crippen molar-refractivity contribution in [2.45, 2.75) is 6.92 Å². The summed E-state index contributed by atoms with van der Waals surface area (Å²) in [5, 5.41) is 4.86. The predicted molar refractivity (Wildman–Crippen MR) is 196 cm³/mol. The maximum atomic E-state index is 5.87. The van der Waals surface area contributed by atoms with Gasteiger partial charge in [-0.3, -0.25) is 0 Å². The molecule has 0 radical (unpaired) electrons. The summed E-state index contributed by atoms with van der Waals surface area (Å²) in [7, 11) is 0. The van der Waals surface area contributed by atoms with E-state index in [0.29, 0.717) is 0 Å². The van der Waals surface area contributed by atoms with Crippen molar-refractivity contribution >= 4 is 27.2 Å². The molecule has 0 spiro atoms. The number of pyridine rings is 1. The molecule has 218 valence electrons. The monoisotopic (exact) mass is 588 g/mol. The molecule has 0 aliphatic heterocycles. The van der Waals surface area contributed by atoms with Crippen LogP contribution in [0.3, 0.4) is 0 Å². The Morgan fingerprint density at radius 3 is 1.39 bits per heavy atom. The summed E-state index contributed by atoms with van der Waals surface area (Å²) in [5.41, 5.74) is 19.3. The highest BCUT2D eigenvalue weighted by molar-refractivity contribution is 6.00. The van der Waals surface area contributed by atoms with E-state index in [0.717, 1.165) is 33.8 Å². The lowest BCUT2D eigenvalue weighted by Gasteiger charge is -2.14. The van der Waals surface area contributed by atoms with Crippen molar-refractivity contribution in [2.24, 2.45) is 0 Å². The van der Waals surface area contributed by atoms with Gasteiger partial charge in [0.25, 0.3) is 0 Å². The highest BCUT2D eigenvalue weighted by Crippen LogP contribution is 2.36. The molecular formula is C44H32N2. The summed E-state index contributed by atoms with van der Waals surface area (Å²) < 4.78 is 0. The maximum Gasteiger partial charge on any atom is 0.0788 e. The van der Waals surface area contributed by atoms with E-state index >= 15 is 0 Å². The zero-order valence-corrected chi connectivity index (χ0v) is 25.6. The van der Waals surface area contributed by atoms with Crippen LogP contribution in [0.5, 0.6) is 0 Å². The van der Waals surface area contributed by atoms with E-state index in [1.165, 1.54) is 54.9 Å². The number of fused-ring (bicyclic) bond motifs is 2. The third-order valence-corrected chi connectivity index (χ3v) is 9.01. The van der Waals surface area contributed by atoms with Crippen molar-refractivity contribution < 1.29 is 0 Å². The normalized spacial score (nSPS) is 11.2. The van der Waals surface area contributed by atoms with Gasteiger partial charge in [0.05, 0.1) is 11.4 Å². The van der Waals surface area contributed by atoms with Gasteiger partial charge in [-0.25, -0.2) is 4.98 Å². The molecule has 46 heavy (non-hydrogen) atoms. The standard InChI is InChI=1S/C44H32N2/c1-29-41-9-5-6-10-42(41)44(46-43(29)35-7-3-2-4-8-35)36-19-15-33(16-20-36)38-22-18-34-17-21-37(27-39(34)28-38)32-13-11-30(12-14-32)31-23-25-40(45)26-24-31/h2-28H,45H2,1H3. The molecule has 1 heterocycles. The van der Waals surface area contributed by atoms with E-state index in [1.54, 1.807) is 0 Å². The SMILES string of the molecule is Cc1c(-c2ccccc2)nc(-c2ccc(-c3ccc4ccc(-c5ccc(-c6ccc(N)cc6)cc5)cc4c3)cc2)c2ccccc12. The largest absolute Gasteiger partial charge is 0.399 e. The van der Waals surface area contributed by atoms with Gasteiger partial charge in [0, 0.05) is 22.2 Å². The minimum absolute atomic E-state index is 0.779. The number of nitrogens with two attached hydrogens (primary N) is 1. The first kappa shape index (κ1) is 27.6. The topological polar surface area (TPSA) is 38.9 Å². The van der Waals surface area contributed by atoms with Gasteiger partial charge in [-0.2, -0.15) is 0 Å². The molecule has 0 amide bonds. The van der Waals surface area contributed by atoms with Gasteiger partial charge < -0.3 is 5.73 Å². The Bertz CT molecular complexity index is 2340. The van der Waals surface area contributed by atoms with Gasteiger partial charge in [0.1, 0.15) is 0 Å². The second kappa shape index (κ2) is 11.5.